The Morgan fingerprint density at radius 3 is 2.54 bits per heavy atom. The molecule has 26 heavy (non-hydrogen) atoms. The van der Waals surface area contributed by atoms with E-state index in [9.17, 15) is 8.42 Å². The predicted molar refractivity (Wildman–Crippen MR) is 107 cm³/mol. The molecule has 3 N–H and O–H groups in total. The van der Waals surface area contributed by atoms with E-state index < -0.39 is 10.0 Å². The molecule has 0 aliphatic heterocycles. The van der Waals surface area contributed by atoms with Crippen LogP contribution in [-0.2, 0) is 16.6 Å². The van der Waals surface area contributed by atoms with Gasteiger partial charge in [-0.2, -0.15) is 0 Å². The summed E-state index contributed by atoms with van der Waals surface area (Å²) < 4.78 is 25.8. The number of benzene rings is 1. The van der Waals surface area contributed by atoms with E-state index in [1.54, 1.807) is 19.2 Å². The maximum absolute atomic E-state index is 11.7. The van der Waals surface area contributed by atoms with E-state index in [0.717, 1.165) is 29.9 Å². The summed E-state index contributed by atoms with van der Waals surface area (Å²) in [6.45, 7) is 3.88. The molecule has 1 aromatic rings. The number of rotatable bonds is 7. The number of hydrogen-bond acceptors (Lipinski definition) is 3. The summed E-state index contributed by atoms with van der Waals surface area (Å²) in [5.41, 5.74) is 1.00. The average molecular weight is 381 g/mol. The van der Waals surface area contributed by atoms with Gasteiger partial charge in [-0.05, 0) is 49.4 Å². The molecule has 0 amide bonds. The molecule has 1 aromatic carbocycles. The first-order chi connectivity index (χ1) is 12.4. The third-order valence-electron chi connectivity index (χ3n) is 5.08. The van der Waals surface area contributed by atoms with Gasteiger partial charge in [-0.1, -0.05) is 38.3 Å². The zero-order chi connectivity index (χ0) is 19.0. The minimum atomic E-state index is -3.38. The van der Waals surface area contributed by atoms with Crippen molar-refractivity contribution >= 4 is 16.0 Å². The average Bonchev–Trinajstić information content (AvgIpc) is 2.65. The van der Waals surface area contributed by atoms with Gasteiger partial charge in [0, 0.05) is 20.1 Å². The molecule has 7 heteroatoms. The lowest BCUT2D eigenvalue weighted by Crippen LogP contribution is -2.38. The minimum Gasteiger partial charge on any atom is -0.356 e. The molecule has 1 aliphatic rings. The third kappa shape index (κ3) is 6.29. The van der Waals surface area contributed by atoms with Gasteiger partial charge in [-0.25, -0.2) is 13.1 Å². The van der Waals surface area contributed by atoms with Gasteiger partial charge in [0.25, 0.3) is 0 Å². The number of aliphatic imine (C=N–C) groups is 1. The molecule has 2 rings (SSSR count). The zero-order valence-corrected chi connectivity index (χ0v) is 16.9. The molecular formula is C19H32N4O2S. The fourth-order valence-electron chi connectivity index (χ4n) is 3.53. The van der Waals surface area contributed by atoms with Crippen molar-refractivity contribution in [3.8, 4) is 0 Å². The Morgan fingerprint density at radius 1 is 1.19 bits per heavy atom. The maximum Gasteiger partial charge on any atom is 0.240 e. The van der Waals surface area contributed by atoms with Crippen LogP contribution in [0.2, 0.25) is 0 Å². The van der Waals surface area contributed by atoms with Gasteiger partial charge in [0.2, 0.25) is 10.0 Å². The minimum absolute atomic E-state index is 0.271. The monoisotopic (exact) mass is 380 g/mol. The van der Waals surface area contributed by atoms with Crippen molar-refractivity contribution in [3.05, 3.63) is 29.8 Å². The molecule has 0 aromatic heterocycles. The second kappa shape index (κ2) is 9.92. The highest BCUT2D eigenvalue weighted by atomic mass is 32.2. The Morgan fingerprint density at radius 2 is 1.92 bits per heavy atom. The molecule has 1 fully saturated rings. The van der Waals surface area contributed by atoms with Crippen molar-refractivity contribution in [3.63, 3.8) is 0 Å². The lowest BCUT2D eigenvalue weighted by molar-refractivity contribution is 0.270. The summed E-state index contributed by atoms with van der Waals surface area (Å²) >= 11 is 0. The van der Waals surface area contributed by atoms with Crippen LogP contribution in [0.5, 0.6) is 0 Å². The SMILES string of the molecule is CN=C(NCCC1CCCC(C)C1)NCc1ccc(S(=O)(=O)NC)cc1. The standard InChI is InChI=1S/C19H32N4O2S/c1-15-5-4-6-16(13-15)11-12-22-19(20-2)23-14-17-7-9-18(10-8-17)26(24,25)21-3/h7-10,15-16,21H,4-6,11-14H2,1-3H3,(H2,20,22,23). The van der Waals surface area contributed by atoms with Crippen LogP contribution in [0, 0.1) is 11.8 Å². The van der Waals surface area contributed by atoms with Gasteiger partial charge in [0.15, 0.2) is 5.96 Å². The van der Waals surface area contributed by atoms with Gasteiger partial charge in [0.1, 0.15) is 0 Å². The molecule has 0 spiro atoms. The molecule has 0 heterocycles. The number of guanidine groups is 1. The summed E-state index contributed by atoms with van der Waals surface area (Å²) in [4.78, 5) is 4.53. The summed E-state index contributed by atoms with van der Waals surface area (Å²) in [5, 5.41) is 6.66. The summed E-state index contributed by atoms with van der Waals surface area (Å²) in [7, 11) is -0.209. The van der Waals surface area contributed by atoms with Crippen molar-refractivity contribution in [2.24, 2.45) is 16.8 Å². The molecule has 0 radical (unpaired) electrons. The number of nitrogens with zero attached hydrogens (tertiary/aromatic N) is 1. The van der Waals surface area contributed by atoms with Gasteiger partial charge in [0.05, 0.1) is 4.90 Å². The van der Waals surface area contributed by atoms with E-state index in [4.69, 9.17) is 0 Å². The highest BCUT2D eigenvalue weighted by Gasteiger charge is 2.18. The quantitative estimate of drug-likeness (QED) is 0.501. The number of sulfonamides is 1. The van der Waals surface area contributed by atoms with Gasteiger partial charge in [-0.15, -0.1) is 0 Å². The van der Waals surface area contributed by atoms with Crippen molar-refractivity contribution in [1.29, 1.82) is 0 Å². The number of nitrogens with one attached hydrogen (secondary N) is 3. The molecule has 2 atom stereocenters. The lowest BCUT2D eigenvalue weighted by Gasteiger charge is -2.26. The van der Waals surface area contributed by atoms with Crippen molar-refractivity contribution in [2.75, 3.05) is 20.6 Å². The van der Waals surface area contributed by atoms with Gasteiger partial charge >= 0.3 is 0 Å². The summed E-state index contributed by atoms with van der Waals surface area (Å²) in [5.74, 6) is 2.47. The van der Waals surface area contributed by atoms with E-state index in [2.05, 4.69) is 27.3 Å². The van der Waals surface area contributed by atoms with E-state index in [1.807, 2.05) is 12.1 Å². The van der Waals surface area contributed by atoms with Crippen LogP contribution >= 0.6 is 0 Å². The Hall–Kier alpha value is -1.60. The van der Waals surface area contributed by atoms with Crippen LogP contribution in [0.4, 0.5) is 0 Å². The van der Waals surface area contributed by atoms with Crippen molar-refractivity contribution in [2.45, 2.75) is 50.5 Å². The van der Waals surface area contributed by atoms with E-state index in [-0.39, 0.29) is 4.90 Å². The third-order valence-corrected chi connectivity index (χ3v) is 6.51. The number of hydrogen-bond donors (Lipinski definition) is 3. The largest absolute Gasteiger partial charge is 0.356 e. The van der Waals surface area contributed by atoms with Crippen LogP contribution in [0.15, 0.2) is 34.2 Å². The lowest BCUT2D eigenvalue weighted by atomic mass is 9.81. The first-order valence-corrected chi connectivity index (χ1v) is 10.9. The second-order valence-corrected chi connectivity index (χ2v) is 9.02. The summed E-state index contributed by atoms with van der Waals surface area (Å²) in [6, 6.07) is 6.86. The molecule has 0 saturated heterocycles. The molecule has 0 bridgehead atoms. The zero-order valence-electron chi connectivity index (χ0n) is 16.1. The predicted octanol–water partition coefficient (Wildman–Crippen LogP) is 2.48. The highest BCUT2D eigenvalue weighted by Crippen LogP contribution is 2.30. The molecule has 146 valence electrons. The molecule has 1 aliphatic carbocycles. The van der Waals surface area contributed by atoms with Crippen LogP contribution in [0.25, 0.3) is 0 Å². The summed E-state index contributed by atoms with van der Waals surface area (Å²) in [6.07, 6.45) is 6.61. The fourth-order valence-corrected chi connectivity index (χ4v) is 4.26. The molecular weight excluding hydrogens is 348 g/mol. The normalized spacial score (nSPS) is 21.4. The highest BCUT2D eigenvalue weighted by molar-refractivity contribution is 7.89. The second-order valence-electron chi connectivity index (χ2n) is 7.13. The van der Waals surface area contributed by atoms with Crippen LogP contribution in [-0.4, -0.2) is 35.0 Å². The van der Waals surface area contributed by atoms with Crippen molar-refractivity contribution < 1.29 is 8.42 Å². The van der Waals surface area contributed by atoms with Crippen LogP contribution in [0.3, 0.4) is 0 Å². The van der Waals surface area contributed by atoms with Gasteiger partial charge < -0.3 is 10.6 Å². The Bertz CT molecular complexity index is 686. The van der Waals surface area contributed by atoms with Crippen LogP contribution in [0.1, 0.15) is 44.6 Å². The van der Waals surface area contributed by atoms with E-state index >= 15 is 0 Å². The van der Waals surface area contributed by atoms with Crippen molar-refractivity contribution in [1.82, 2.24) is 15.4 Å². The maximum atomic E-state index is 11.7. The Labute approximate surface area is 157 Å². The fraction of sp³-hybridized carbons (Fsp3) is 0.632. The van der Waals surface area contributed by atoms with Crippen LogP contribution < -0.4 is 15.4 Å². The molecule has 6 nitrogen and oxygen atoms in total. The first kappa shape index (κ1) is 20.7. The molecule has 2 unspecified atom stereocenters. The first-order valence-electron chi connectivity index (χ1n) is 9.41. The van der Waals surface area contributed by atoms with E-state index in [1.165, 1.54) is 39.2 Å². The molecule has 1 saturated carbocycles. The van der Waals surface area contributed by atoms with Gasteiger partial charge in [-0.3, -0.25) is 4.99 Å². The Kier molecular flexibility index (Phi) is 7.90. The smallest absolute Gasteiger partial charge is 0.240 e. The Balaban J connectivity index is 1.76. The topological polar surface area (TPSA) is 82.6 Å². The van der Waals surface area contributed by atoms with E-state index in [0.29, 0.717) is 6.54 Å².